The SMILES string of the molecule is C=CC(=O)OC1C(C)(C)CCC1(CC1CCCCC1)OC1CCCCC1. The maximum Gasteiger partial charge on any atom is 0.330 e. The van der Waals surface area contributed by atoms with Gasteiger partial charge in [0, 0.05) is 11.5 Å². The van der Waals surface area contributed by atoms with E-state index in [1.807, 2.05) is 0 Å². The zero-order chi connectivity index (χ0) is 18.6. The Balaban J connectivity index is 1.83. The second-order valence-corrected chi connectivity index (χ2v) is 9.66. The molecule has 3 rings (SSSR count). The molecule has 3 fully saturated rings. The van der Waals surface area contributed by atoms with Crippen LogP contribution in [0.2, 0.25) is 0 Å². The first kappa shape index (κ1) is 19.9. The molecule has 2 atom stereocenters. The molecule has 148 valence electrons. The van der Waals surface area contributed by atoms with Crippen molar-refractivity contribution in [1.29, 1.82) is 0 Å². The molecule has 0 aromatic heterocycles. The first-order chi connectivity index (χ1) is 12.5. The van der Waals surface area contributed by atoms with Crippen LogP contribution in [0, 0.1) is 11.3 Å². The third-order valence-electron chi connectivity index (χ3n) is 7.09. The van der Waals surface area contributed by atoms with Gasteiger partial charge in [0.15, 0.2) is 0 Å². The second kappa shape index (κ2) is 8.46. The maximum atomic E-state index is 12.1. The van der Waals surface area contributed by atoms with Gasteiger partial charge in [-0.3, -0.25) is 0 Å². The molecule has 0 amide bonds. The first-order valence-corrected chi connectivity index (χ1v) is 11.0. The highest BCUT2D eigenvalue weighted by Gasteiger charge is 2.57. The fourth-order valence-corrected chi connectivity index (χ4v) is 5.71. The van der Waals surface area contributed by atoms with Gasteiger partial charge in [-0.1, -0.05) is 71.8 Å². The molecule has 3 aliphatic carbocycles. The summed E-state index contributed by atoms with van der Waals surface area (Å²) >= 11 is 0. The average molecular weight is 363 g/mol. The summed E-state index contributed by atoms with van der Waals surface area (Å²) in [5.41, 5.74) is -0.339. The second-order valence-electron chi connectivity index (χ2n) is 9.66. The van der Waals surface area contributed by atoms with Crippen LogP contribution in [0.25, 0.3) is 0 Å². The number of carbonyl (C=O) groups is 1. The standard InChI is InChI=1S/C23H38O3/c1-4-20(24)25-21-22(2,3)15-16-23(21,17-18-11-7-5-8-12-18)26-19-13-9-6-10-14-19/h4,18-19,21H,1,5-17H2,2-3H3. The van der Waals surface area contributed by atoms with E-state index in [0.29, 0.717) is 12.0 Å². The van der Waals surface area contributed by atoms with Crippen molar-refractivity contribution in [2.24, 2.45) is 11.3 Å². The Morgan fingerprint density at radius 1 is 1.00 bits per heavy atom. The number of ether oxygens (including phenoxy) is 2. The van der Waals surface area contributed by atoms with Crippen molar-refractivity contribution in [3.8, 4) is 0 Å². The van der Waals surface area contributed by atoms with Crippen LogP contribution in [0.4, 0.5) is 0 Å². The van der Waals surface area contributed by atoms with Crippen molar-refractivity contribution in [3.63, 3.8) is 0 Å². The Morgan fingerprint density at radius 3 is 2.23 bits per heavy atom. The molecular weight excluding hydrogens is 324 g/mol. The molecule has 0 bridgehead atoms. The van der Waals surface area contributed by atoms with Crippen LogP contribution in [-0.4, -0.2) is 23.8 Å². The fourth-order valence-electron chi connectivity index (χ4n) is 5.71. The highest BCUT2D eigenvalue weighted by Crippen LogP contribution is 2.52. The third-order valence-corrected chi connectivity index (χ3v) is 7.09. The highest BCUT2D eigenvalue weighted by molar-refractivity contribution is 5.81. The highest BCUT2D eigenvalue weighted by atomic mass is 16.6. The lowest BCUT2D eigenvalue weighted by atomic mass is 9.76. The zero-order valence-corrected chi connectivity index (χ0v) is 16.9. The van der Waals surface area contributed by atoms with E-state index in [0.717, 1.165) is 32.1 Å². The van der Waals surface area contributed by atoms with E-state index in [-0.39, 0.29) is 23.1 Å². The summed E-state index contributed by atoms with van der Waals surface area (Å²) in [5.74, 6) is 0.413. The Hall–Kier alpha value is -0.830. The van der Waals surface area contributed by atoms with Crippen LogP contribution < -0.4 is 0 Å². The Morgan fingerprint density at radius 2 is 1.62 bits per heavy atom. The van der Waals surface area contributed by atoms with Crippen molar-refractivity contribution < 1.29 is 14.3 Å². The summed E-state index contributed by atoms with van der Waals surface area (Å²) in [4.78, 5) is 12.1. The van der Waals surface area contributed by atoms with E-state index < -0.39 is 0 Å². The van der Waals surface area contributed by atoms with Crippen LogP contribution in [-0.2, 0) is 14.3 Å². The quantitative estimate of drug-likeness (QED) is 0.432. The van der Waals surface area contributed by atoms with E-state index in [1.54, 1.807) is 0 Å². The largest absolute Gasteiger partial charge is 0.456 e. The summed E-state index contributed by atoms with van der Waals surface area (Å²) < 4.78 is 12.9. The summed E-state index contributed by atoms with van der Waals surface area (Å²) in [6.45, 7) is 8.09. The summed E-state index contributed by atoms with van der Waals surface area (Å²) in [5, 5.41) is 0. The lowest BCUT2D eigenvalue weighted by Crippen LogP contribution is -2.51. The van der Waals surface area contributed by atoms with Crippen molar-refractivity contribution in [2.75, 3.05) is 0 Å². The van der Waals surface area contributed by atoms with Gasteiger partial charge in [0.25, 0.3) is 0 Å². The Labute approximate surface area is 159 Å². The average Bonchev–Trinajstić information content (AvgIpc) is 2.88. The van der Waals surface area contributed by atoms with E-state index >= 15 is 0 Å². The molecule has 0 aromatic rings. The molecule has 3 nitrogen and oxygen atoms in total. The van der Waals surface area contributed by atoms with Crippen molar-refractivity contribution in [2.45, 2.75) is 115 Å². The molecule has 0 aliphatic heterocycles. The normalized spacial score (nSPS) is 33.1. The summed E-state index contributed by atoms with van der Waals surface area (Å²) in [6, 6.07) is 0. The third kappa shape index (κ3) is 4.52. The van der Waals surface area contributed by atoms with Gasteiger partial charge in [-0.05, 0) is 38.0 Å². The number of esters is 1. The van der Waals surface area contributed by atoms with Crippen LogP contribution in [0.15, 0.2) is 12.7 Å². The van der Waals surface area contributed by atoms with E-state index in [9.17, 15) is 4.79 Å². The molecule has 0 radical (unpaired) electrons. The molecule has 0 aromatic carbocycles. The van der Waals surface area contributed by atoms with Crippen LogP contribution in [0.3, 0.4) is 0 Å². The molecular formula is C23H38O3. The molecule has 3 saturated carbocycles. The van der Waals surface area contributed by atoms with Gasteiger partial charge in [-0.2, -0.15) is 0 Å². The first-order valence-electron chi connectivity index (χ1n) is 11.0. The van der Waals surface area contributed by atoms with Crippen LogP contribution in [0.1, 0.15) is 97.3 Å². The van der Waals surface area contributed by atoms with Gasteiger partial charge in [0.05, 0.1) is 6.10 Å². The van der Waals surface area contributed by atoms with E-state index in [1.165, 1.54) is 57.4 Å². The van der Waals surface area contributed by atoms with E-state index in [4.69, 9.17) is 9.47 Å². The Bertz CT molecular complexity index is 464. The number of carbonyl (C=O) groups excluding carboxylic acids is 1. The smallest absolute Gasteiger partial charge is 0.330 e. The van der Waals surface area contributed by atoms with Gasteiger partial charge in [-0.15, -0.1) is 0 Å². The topological polar surface area (TPSA) is 35.5 Å². The molecule has 26 heavy (non-hydrogen) atoms. The molecule has 0 N–H and O–H groups in total. The summed E-state index contributed by atoms with van der Waals surface area (Å²) in [6.07, 6.45) is 17.5. The molecule has 3 aliphatic rings. The van der Waals surface area contributed by atoms with Crippen molar-refractivity contribution in [1.82, 2.24) is 0 Å². The molecule has 3 heteroatoms. The van der Waals surface area contributed by atoms with Gasteiger partial charge >= 0.3 is 5.97 Å². The molecule has 0 heterocycles. The van der Waals surface area contributed by atoms with E-state index in [2.05, 4.69) is 20.4 Å². The van der Waals surface area contributed by atoms with Crippen molar-refractivity contribution in [3.05, 3.63) is 12.7 Å². The minimum Gasteiger partial charge on any atom is -0.456 e. The van der Waals surface area contributed by atoms with Gasteiger partial charge < -0.3 is 9.47 Å². The van der Waals surface area contributed by atoms with Gasteiger partial charge in [0.1, 0.15) is 11.7 Å². The Kier molecular flexibility index (Phi) is 6.48. The van der Waals surface area contributed by atoms with Crippen LogP contribution in [0.5, 0.6) is 0 Å². The summed E-state index contributed by atoms with van der Waals surface area (Å²) in [7, 11) is 0. The lowest BCUT2D eigenvalue weighted by molar-refractivity contribution is -0.196. The molecule has 0 saturated heterocycles. The maximum absolute atomic E-state index is 12.1. The predicted molar refractivity (Wildman–Crippen MR) is 105 cm³/mol. The predicted octanol–water partition coefficient (Wildman–Crippen LogP) is 5.96. The minimum atomic E-state index is -0.301. The number of hydrogen-bond donors (Lipinski definition) is 0. The molecule has 0 spiro atoms. The van der Waals surface area contributed by atoms with Gasteiger partial charge in [0.2, 0.25) is 0 Å². The zero-order valence-electron chi connectivity index (χ0n) is 16.9. The monoisotopic (exact) mass is 362 g/mol. The van der Waals surface area contributed by atoms with Gasteiger partial charge in [-0.25, -0.2) is 4.79 Å². The number of hydrogen-bond acceptors (Lipinski definition) is 3. The van der Waals surface area contributed by atoms with Crippen LogP contribution >= 0.6 is 0 Å². The minimum absolute atomic E-state index is 0.0397. The van der Waals surface area contributed by atoms with Crippen molar-refractivity contribution >= 4 is 5.97 Å². The lowest BCUT2D eigenvalue weighted by Gasteiger charge is -2.44. The number of rotatable bonds is 6. The molecule has 2 unspecified atom stereocenters. The fraction of sp³-hybridized carbons (Fsp3) is 0.870.